The highest BCUT2D eigenvalue weighted by Crippen LogP contribution is 2.16. The molecule has 26 heavy (non-hydrogen) atoms. The molecule has 0 fully saturated rings. The minimum Gasteiger partial charge on any atom is -0.258 e. The summed E-state index contributed by atoms with van der Waals surface area (Å²) in [4.78, 5) is 24.0. The van der Waals surface area contributed by atoms with Crippen molar-refractivity contribution in [3.8, 4) is 0 Å². The van der Waals surface area contributed by atoms with Gasteiger partial charge < -0.3 is 0 Å². The molecule has 0 radical (unpaired) electrons. The van der Waals surface area contributed by atoms with E-state index in [1.54, 1.807) is 4.57 Å². The summed E-state index contributed by atoms with van der Waals surface area (Å²) in [6.07, 6.45) is 3.71. The molecule has 0 bridgehead atoms. The van der Waals surface area contributed by atoms with E-state index >= 15 is 0 Å². The minimum atomic E-state index is -0.168. The Morgan fingerprint density at radius 2 is 2.04 bits per heavy atom. The van der Waals surface area contributed by atoms with Crippen molar-refractivity contribution < 1.29 is 4.98 Å². The molecule has 8 heteroatoms. The topological polar surface area (TPSA) is 82.1 Å². The normalized spacial score (nSPS) is 11.6. The Bertz CT molecular complexity index is 1110. The molecular formula is C18H20BrN6O+. The highest BCUT2D eigenvalue weighted by atomic mass is 79.9. The molecule has 0 saturated carbocycles. The smallest absolute Gasteiger partial charge is 0.258 e. The van der Waals surface area contributed by atoms with Crippen molar-refractivity contribution in [2.45, 2.75) is 39.2 Å². The summed E-state index contributed by atoms with van der Waals surface area (Å²) in [6.45, 7) is 2.79. The zero-order valence-electron chi connectivity index (χ0n) is 14.5. The van der Waals surface area contributed by atoms with Crippen molar-refractivity contribution in [3.63, 3.8) is 0 Å². The maximum absolute atomic E-state index is 13.0. The summed E-state index contributed by atoms with van der Waals surface area (Å²) in [5, 5.41) is 4.48. The lowest BCUT2D eigenvalue weighted by Crippen LogP contribution is -2.30. The second-order valence-corrected chi connectivity index (χ2v) is 7.15. The number of aryl methyl sites for hydroxylation is 1. The molecule has 0 aliphatic heterocycles. The molecule has 0 aliphatic rings. The number of rotatable bonds is 6. The van der Waals surface area contributed by atoms with Crippen LogP contribution in [0.25, 0.3) is 16.8 Å². The molecule has 4 aromatic rings. The molecule has 3 aromatic heterocycles. The van der Waals surface area contributed by atoms with Crippen LogP contribution in [0.15, 0.2) is 39.9 Å². The molecule has 0 spiro atoms. The van der Waals surface area contributed by atoms with Gasteiger partial charge >= 0.3 is 5.69 Å². The number of halogens is 1. The standard InChI is InChI=1S/C18H19BrN6O/c1-2-3-7-10-24-15-14(21-17(19)22-15)16-20-13(23-25(16)18(24)26)11-12-8-5-4-6-9-12/h4-6,8-9H,2-3,7,10-11H2,1H3,(H,21,22)/p+1. The van der Waals surface area contributed by atoms with E-state index in [4.69, 9.17) is 0 Å². The summed E-state index contributed by atoms with van der Waals surface area (Å²) < 4.78 is 3.85. The second kappa shape index (κ2) is 7.03. The van der Waals surface area contributed by atoms with E-state index in [2.05, 4.69) is 42.9 Å². The Hall–Kier alpha value is -2.48. The van der Waals surface area contributed by atoms with Crippen molar-refractivity contribution in [1.82, 2.24) is 24.1 Å². The highest BCUT2D eigenvalue weighted by Gasteiger charge is 2.22. The van der Waals surface area contributed by atoms with Crippen LogP contribution in [0, 0.1) is 0 Å². The largest absolute Gasteiger partial charge is 0.409 e. The molecule has 0 unspecified atom stereocenters. The van der Waals surface area contributed by atoms with Crippen LogP contribution < -0.4 is 10.7 Å². The van der Waals surface area contributed by atoms with Gasteiger partial charge in [-0.2, -0.15) is 0 Å². The summed E-state index contributed by atoms with van der Waals surface area (Å²) >= 11 is 3.43. The van der Waals surface area contributed by atoms with Gasteiger partial charge in [0.25, 0.3) is 10.4 Å². The van der Waals surface area contributed by atoms with E-state index in [9.17, 15) is 4.79 Å². The number of hydrogen-bond donors (Lipinski definition) is 1. The Morgan fingerprint density at radius 3 is 2.81 bits per heavy atom. The average molecular weight is 416 g/mol. The fraction of sp³-hybridized carbons (Fsp3) is 0.333. The van der Waals surface area contributed by atoms with E-state index < -0.39 is 0 Å². The first-order valence-corrected chi connectivity index (χ1v) is 9.59. The molecular weight excluding hydrogens is 396 g/mol. The number of nitrogens with one attached hydrogen (secondary N) is 2. The van der Waals surface area contributed by atoms with Crippen LogP contribution in [0.2, 0.25) is 0 Å². The van der Waals surface area contributed by atoms with Crippen molar-refractivity contribution in [1.29, 1.82) is 0 Å². The van der Waals surface area contributed by atoms with Gasteiger partial charge in [0, 0.05) is 22.4 Å². The van der Waals surface area contributed by atoms with Gasteiger partial charge in [0.05, 0.1) is 6.54 Å². The lowest BCUT2D eigenvalue weighted by atomic mass is 10.1. The van der Waals surface area contributed by atoms with Crippen molar-refractivity contribution in [2.24, 2.45) is 0 Å². The summed E-state index contributed by atoms with van der Waals surface area (Å²) in [7, 11) is 0. The first kappa shape index (κ1) is 17.0. The zero-order chi connectivity index (χ0) is 18.1. The van der Waals surface area contributed by atoms with E-state index in [0.29, 0.717) is 29.2 Å². The van der Waals surface area contributed by atoms with Crippen molar-refractivity contribution in [2.75, 3.05) is 0 Å². The molecule has 0 atom stereocenters. The fourth-order valence-electron chi connectivity index (χ4n) is 3.17. The number of aromatic nitrogens is 6. The summed E-state index contributed by atoms with van der Waals surface area (Å²) in [6, 6.07) is 10.0. The van der Waals surface area contributed by atoms with Crippen LogP contribution in [0.4, 0.5) is 0 Å². The van der Waals surface area contributed by atoms with Crippen molar-refractivity contribution in [3.05, 3.63) is 56.9 Å². The number of imidazole rings is 1. The van der Waals surface area contributed by atoms with E-state index in [0.717, 1.165) is 36.0 Å². The molecule has 2 N–H and O–H groups in total. The molecule has 4 rings (SSSR count). The van der Waals surface area contributed by atoms with Gasteiger partial charge in [-0.15, -0.1) is 9.61 Å². The minimum absolute atomic E-state index is 0.168. The monoisotopic (exact) mass is 415 g/mol. The maximum atomic E-state index is 13.0. The van der Waals surface area contributed by atoms with Gasteiger partial charge in [0.15, 0.2) is 5.82 Å². The zero-order valence-corrected chi connectivity index (χ0v) is 16.1. The first-order valence-electron chi connectivity index (χ1n) is 8.80. The third-order valence-corrected chi connectivity index (χ3v) is 4.84. The summed E-state index contributed by atoms with van der Waals surface area (Å²) in [5.74, 6) is 0.631. The Morgan fingerprint density at radius 1 is 1.23 bits per heavy atom. The first-order chi connectivity index (χ1) is 12.7. The molecule has 134 valence electrons. The quantitative estimate of drug-likeness (QED) is 0.388. The van der Waals surface area contributed by atoms with Gasteiger partial charge in [0.2, 0.25) is 11.2 Å². The molecule has 1 aromatic carbocycles. The van der Waals surface area contributed by atoms with Gasteiger partial charge in [-0.1, -0.05) is 50.1 Å². The number of benzene rings is 1. The molecule has 3 heterocycles. The molecule has 7 nitrogen and oxygen atoms in total. The maximum Gasteiger partial charge on any atom is 0.409 e. The van der Waals surface area contributed by atoms with Gasteiger partial charge in [0.1, 0.15) is 0 Å². The SMILES string of the molecule is CCCCCn1c(=O)n2nc(Cc3ccccc3)nc2c2[nH]c(Br)[nH+]c21. The lowest BCUT2D eigenvalue weighted by molar-refractivity contribution is -0.364. The highest BCUT2D eigenvalue weighted by molar-refractivity contribution is 9.10. The number of H-pyrrole nitrogens is 2. The third kappa shape index (κ3) is 3.05. The Balaban J connectivity index is 1.84. The van der Waals surface area contributed by atoms with E-state index in [1.807, 2.05) is 30.3 Å². The summed E-state index contributed by atoms with van der Waals surface area (Å²) in [5.41, 5.74) is 3.01. The van der Waals surface area contributed by atoms with E-state index in [-0.39, 0.29) is 5.69 Å². The number of hydrogen-bond acceptors (Lipinski definition) is 3. The number of aromatic amines is 2. The van der Waals surface area contributed by atoms with Crippen LogP contribution in [0.1, 0.15) is 37.6 Å². The van der Waals surface area contributed by atoms with Crippen LogP contribution in [0.5, 0.6) is 0 Å². The average Bonchev–Trinajstić information content (AvgIpc) is 3.22. The Labute approximate surface area is 158 Å². The van der Waals surface area contributed by atoms with Gasteiger partial charge in [-0.05, 0) is 12.0 Å². The predicted molar refractivity (Wildman–Crippen MR) is 102 cm³/mol. The van der Waals surface area contributed by atoms with Gasteiger partial charge in [-0.3, -0.25) is 4.98 Å². The third-order valence-electron chi connectivity index (χ3n) is 4.45. The van der Waals surface area contributed by atoms with E-state index in [1.165, 1.54) is 4.52 Å². The second-order valence-electron chi connectivity index (χ2n) is 6.35. The van der Waals surface area contributed by atoms with Gasteiger partial charge in [-0.25, -0.2) is 19.3 Å². The fourth-order valence-corrected chi connectivity index (χ4v) is 3.56. The van der Waals surface area contributed by atoms with Crippen LogP contribution in [0.3, 0.4) is 0 Å². The van der Waals surface area contributed by atoms with Crippen LogP contribution in [-0.2, 0) is 13.0 Å². The number of fused-ring (bicyclic) bond motifs is 3. The molecule has 0 saturated heterocycles. The number of nitrogens with zero attached hydrogens (tertiary/aromatic N) is 4. The van der Waals surface area contributed by atoms with Crippen LogP contribution in [-0.4, -0.2) is 24.1 Å². The predicted octanol–water partition coefficient (Wildman–Crippen LogP) is 2.73. The van der Waals surface area contributed by atoms with Crippen molar-refractivity contribution >= 4 is 32.7 Å². The van der Waals surface area contributed by atoms with Crippen LogP contribution >= 0.6 is 15.9 Å². The Kier molecular flexibility index (Phi) is 4.58. The number of unbranched alkanes of at least 4 members (excludes halogenated alkanes) is 2. The lowest BCUT2D eigenvalue weighted by Gasteiger charge is -2.01. The molecule has 0 amide bonds. The molecule has 0 aliphatic carbocycles.